The molecule has 0 bridgehead atoms. The number of furan rings is 1. The van der Waals surface area contributed by atoms with E-state index < -0.39 is 10.0 Å². The smallest absolute Gasteiger partial charge is 0.245 e. The molecule has 1 N–H and O–H groups in total. The van der Waals surface area contributed by atoms with E-state index in [1.54, 1.807) is 36.6 Å². The second-order valence-electron chi connectivity index (χ2n) is 6.57. The van der Waals surface area contributed by atoms with Crippen LogP contribution in [0, 0.1) is 5.92 Å². The number of rotatable bonds is 5. The Balaban J connectivity index is 1.87. The Labute approximate surface area is 152 Å². The van der Waals surface area contributed by atoms with Crippen molar-refractivity contribution in [3.05, 3.63) is 54.0 Å². The molecule has 0 fully saturated rings. The highest BCUT2D eigenvalue weighted by Crippen LogP contribution is 2.34. The number of hydrazone groups is 1. The Morgan fingerprint density at radius 3 is 2.50 bits per heavy atom. The molecule has 0 saturated heterocycles. The van der Waals surface area contributed by atoms with Crippen molar-refractivity contribution in [1.82, 2.24) is 5.01 Å². The molecule has 1 amide bonds. The van der Waals surface area contributed by atoms with Crippen LogP contribution in [0.3, 0.4) is 0 Å². The van der Waals surface area contributed by atoms with Crippen LogP contribution in [-0.2, 0) is 14.8 Å². The van der Waals surface area contributed by atoms with E-state index in [9.17, 15) is 13.2 Å². The van der Waals surface area contributed by atoms with E-state index in [-0.39, 0.29) is 17.9 Å². The molecular weight excluding hydrogens is 354 g/mol. The van der Waals surface area contributed by atoms with Crippen molar-refractivity contribution >= 4 is 27.3 Å². The molecule has 1 atom stereocenters. The Bertz CT molecular complexity index is 916. The molecule has 8 heteroatoms. The monoisotopic (exact) mass is 375 g/mol. The lowest BCUT2D eigenvalue weighted by molar-refractivity contribution is -0.136. The number of carbonyl (C=O) groups is 1. The van der Waals surface area contributed by atoms with Gasteiger partial charge in [0.05, 0.1) is 18.2 Å². The maximum atomic E-state index is 12.5. The van der Waals surface area contributed by atoms with E-state index in [2.05, 4.69) is 9.82 Å². The Morgan fingerprint density at radius 2 is 1.96 bits per heavy atom. The highest BCUT2D eigenvalue weighted by atomic mass is 32.2. The summed E-state index contributed by atoms with van der Waals surface area (Å²) in [5.74, 6) is 0.432. The summed E-state index contributed by atoms with van der Waals surface area (Å²) >= 11 is 0. The molecule has 0 unspecified atom stereocenters. The number of nitrogens with zero attached hydrogens (tertiary/aromatic N) is 2. The normalized spacial score (nSPS) is 17.5. The molecule has 0 spiro atoms. The first-order valence-corrected chi connectivity index (χ1v) is 10.2. The van der Waals surface area contributed by atoms with Crippen molar-refractivity contribution in [2.24, 2.45) is 11.0 Å². The molecule has 0 saturated carbocycles. The fourth-order valence-corrected chi connectivity index (χ4v) is 3.36. The minimum absolute atomic E-state index is 0.0724. The lowest BCUT2D eigenvalue weighted by Crippen LogP contribution is -2.30. The third-order valence-corrected chi connectivity index (χ3v) is 4.63. The third kappa shape index (κ3) is 3.96. The van der Waals surface area contributed by atoms with Crippen LogP contribution in [0.2, 0.25) is 0 Å². The molecule has 2 aromatic rings. The average molecular weight is 375 g/mol. The van der Waals surface area contributed by atoms with Crippen molar-refractivity contribution in [3.8, 4) is 0 Å². The topological polar surface area (TPSA) is 92.0 Å². The average Bonchev–Trinajstić information content (AvgIpc) is 3.22. The summed E-state index contributed by atoms with van der Waals surface area (Å²) < 4.78 is 30.5. The maximum Gasteiger partial charge on any atom is 0.245 e. The number of nitrogens with one attached hydrogen (secondary N) is 1. The molecule has 0 radical (unpaired) electrons. The molecule has 2 heterocycles. The second-order valence-corrected chi connectivity index (χ2v) is 8.32. The number of hydrogen-bond donors (Lipinski definition) is 1. The zero-order chi connectivity index (χ0) is 18.9. The van der Waals surface area contributed by atoms with Gasteiger partial charge >= 0.3 is 0 Å². The van der Waals surface area contributed by atoms with Gasteiger partial charge in [-0.1, -0.05) is 26.0 Å². The minimum atomic E-state index is -3.32. The van der Waals surface area contributed by atoms with E-state index >= 15 is 0 Å². The van der Waals surface area contributed by atoms with Gasteiger partial charge in [0.1, 0.15) is 11.8 Å². The lowest BCUT2D eigenvalue weighted by atomic mass is 10.0. The van der Waals surface area contributed by atoms with E-state index in [0.717, 1.165) is 17.5 Å². The van der Waals surface area contributed by atoms with E-state index in [1.165, 1.54) is 5.01 Å². The summed E-state index contributed by atoms with van der Waals surface area (Å²) in [5.41, 5.74) is 2.07. The first kappa shape index (κ1) is 18.2. The van der Waals surface area contributed by atoms with Crippen LogP contribution in [0.15, 0.2) is 52.2 Å². The Morgan fingerprint density at radius 1 is 1.27 bits per heavy atom. The van der Waals surface area contributed by atoms with Gasteiger partial charge < -0.3 is 4.42 Å². The van der Waals surface area contributed by atoms with Gasteiger partial charge in [-0.25, -0.2) is 13.4 Å². The van der Waals surface area contributed by atoms with Gasteiger partial charge in [0, 0.05) is 18.0 Å². The molecule has 1 aliphatic heterocycles. The quantitative estimate of drug-likeness (QED) is 0.869. The van der Waals surface area contributed by atoms with Crippen LogP contribution < -0.4 is 4.72 Å². The van der Waals surface area contributed by atoms with E-state index in [1.807, 2.05) is 19.9 Å². The van der Waals surface area contributed by atoms with Gasteiger partial charge in [0.2, 0.25) is 15.9 Å². The molecule has 1 aromatic carbocycles. The summed E-state index contributed by atoms with van der Waals surface area (Å²) in [4.78, 5) is 12.5. The van der Waals surface area contributed by atoms with Gasteiger partial charge in [-0.2, -0.15) is 5.10 Å². The number of hydrogen-bond acceptors (Lipinski definition) is 5. The highest BCUT2D eigenvalue weighted by Gasteiger charge is 2.35. The number of carbonyl (C=O) groups excluding carboxylic acids is 1. The lowest BCUT2D eigenvalue weighted by Gasteiger charge is -2.21. The van der Waals surface area contributed by atoms with Gasteiger partial charge in [-0.3, -0.25) is 9.52 Å². The molecule has 1 aromatic heterocycles. The van der Waals surface area contributed by atoms with E-state index in [4.69, 9.17) is 4.42 Å². The predicted octanol–water partition coefficient (Wildman–Crippen LogP) is 2.98. The first-order chi connectivity index (χ1) is 12.2. The highest BCUT2D eigenvalue weighted by molar-refractivity contribution is 7.92. The molecule has 26 heavy (non-hydrogen) atoms. The molecule has 138 valence electrons. The fourth-order valence-electron chi connectivity index (χ4n) is 2.80. The zero-order valence-electron chi connectivity index (χ0n) is 14.8. The zero-order valence-corrected chi connectivity index (χ0v) is 15.7. The molecule has 7 nitrogen and oxygen atoms in total. The second kappa shape index (κ2) is 6.95. The summed E-state index contributed by atoms with van der Waals surface area (Å²) in [7, 11) is -3.32. The number of amides is 1. The summed E-state index contributed by atoms with van der Waals surface area (Å²) in [6, 6.07) is 10.3. The fraction of sp³-hybridized carbons (Fsp3) is 0.333. The van der Waals surface area contributed by atoms with Gasteiger partial charge in [-0.15, -0.1) is 0 Å². The predicted molar refractivity (Wildman–Crippen MR) is 99.2 cm³/mol. The summed E-state index contributed by atoms with van der Waals surface area (Å²) in [6.07, 6.45) is 3.22. The summed E-state index contributed by atoms with van der Waals surface area (Å²) in [5, 5.41) is 6.01. The van der Waals surface area contributed by atoms with Gasteiger partial charge in [-0.05, 0) is 29.8 Å². The SMILES string of the molecule is CC(C)C(=O)N1N=C(c2ccc(NS(C)(=O)=O)cc2)C[C@H]1c1ccco1. The minimum Gasteiger partial charge on any atom is -0.467 e. The third-order valence-electron chi connectivity index (χ3n) is 4.02. The van der Waals surface area contributed by atoms with Crippen LogP contribution >= 0.6 is 0 Å². The standard InChI is InChI=1S/C18H21N3O4S/c1-12(2)18(22)21-16(17-5-4-10-25-17)11-15(19-21)13-6-8-14(9-7-13)20-26(3,23)24/h4-10,12,16,20H,11H2,1-3H3/t16-/m0/s1. The van der Waals surface area contributed by atoms with Crippen LogP contribution in [-0.4, -0.2) is 31.3 Å². The molecule has 0 aliphatic carbocycles. The van der Waals surface area contributed by atoms with Gasteiger partial charge in [0.15, 0.2) is 0 Å². The number of sulfonamides is 1. The van der Waals surface area contributed by atoms with E-state index in [0.29, 0.717) is 17.9 Å². The van der Waals surface area contributed by atoms with Gasteiger partial charge in [0.25, 0.3) is 0 Å². The van der Waals surface area contributed by atoms with Crippen molar-refractivity contribution < 1.29 is 17.6 Å². The van der Waals surface area contributed by atoms with Crippen molar-refractivity contribution in [2.75, 3.05) is 11.0 Å². The largest absolute Gasteiger partial charge is 0.467 e. The molecule has 3 rings (SSSR count). The van der Waals surface area contributed by atoms with Crippen molar-refractivity contribution in [2.45, 2.75) is 26.3 Å². The van der Waals surface area contributed by atoms with Crippen molar-refractivity contribution in [3.63, 3.8) is 0 Å². The van der Waals surface area contributed by atoms with Crippen LogP contribution in [0.1, 0.15) is 37.6 Å². The Kier molecular flexibility index (Phi) is 4.86. The van der Waals surface area contributed by atoms with Crippen LogP contribution in [0.4, 0.5) is 5.69 Å². The van der Waals surface area contributed by atoms with Crippen LogP contribution in [0.25, 0.3) is 0 Å². The Hall–Kier alpha value is -2.61. The molecular formula is C18H21N3O4S. The number of benzene rings is 1. The summed E-state index contributed by atoms with van der Waals surface area (Å²) in [6.45, 7) is 3.67. The van der Waals surface area contributed by atoms with Crippen molar-refractivity contribution in [1.29, 1.82) is 0 Å². The number of anilines is 1. The van der Waals surface area contributed by atoms with Crippen LogP contribution in [0.5, 0.6) is 0 Å². The maximum absolute atomic E-state index is 12.5. The molecule has 1 aliphatic rings. The first-order valence-electron chi connectivity index (χ1n) is 8.27.